The molecular weight excluding hydrogens is 440 g/mol. The fraction of sp³-hybridized carbons (Fsp3) is 0.167. The van der Waals surface area contributed by atoms with Gasteiger partial charge in [0.2, 0.25) is 5.91 Å². The number of nitrogens with zero attached hydrogens (tertiary/aromatic N) is 3. The van der Waals surface area contributed by atoms with Gasteiger partial charge in [0, 0.05) is 18.5 Å². The molecule has 0 radical (unpaired) electrons. The van der Waals surface area contributed by atoms with Crippen molar-refractivity contribution >= 4 is 51.5 Å². The second-order valence-electron chi connectivity index (χ2n) is 7.46. The van der Waals surface area contributed by atoms with Crippen molar-refractivity contribution in [2.24, 2.45) is 10.1 Å². The Hall–Kier alpha value is -3.23. The van der Waals surface area contributed by atoms with Crippen molar-refractivity contribution < 1.29 is 9.59 Å². The van der Waals surface area contributed by atoms with Gasteiger partial charge in [0.15, 0.2) is 5.17 Å². The summed E-state index contributed by atoms with van der Waals surface area (Å²) in [7, 11) is 0. The molecule has 0 aliphatic carbocycles. The minimum absolute atomic E-state index is 0.0377. The van der Waals surface area contributed by atoms with Gasteiger partial charge in [0.1, 0.15) is 5.25 Å². The second kappa shape index (κ2) is 9.10. The van der Waals surface area contributed by atoms with Crippen LogP contribution in [0.5, 0.6) is 0 Å². The van der Waals surface area contributed by atoms with E-state index in [1.165, 1.54) is 11.8 Å². The van der Waals surface area contributed by atoms with Crippen molar-refractivity contribution in [3.05, 3.63) is 88.6 Å². The average Bonchev–Trinajstić information content (AvgIpc) is 3.55. The summed E-state index contributed by atoms with van der Waals surface area (Å²) in [5.41, 5.74) is 2.81. The normalized spacial score (nSPS) is 20.2. The predicted octanol–water partition coefficient (Wildman–Crippen LogP) is 4.93. The van der Waals surface area contributed by atoms with Crippen LogP contribution < -0.4 is 5.32 Å². The monoisotopic (exact) mass is 460 g/mol. The van der Waals surface area contributed by atoms with Crippen LogP contribution in [0.4, 0.5) is 5.69 Å². The molecule has 32 heavy (non-hydrogen) atoms. The smallest absolute Gasteiger partial charge is 0.262 e. The van der Waals surface area contributed by atoms with Gasteiger partial charge in [-0.2, -0.15) is 10.1 Å². The summed E-state index contributed by atoms with van der Waals surface area (Å²) >= 11 is 2.96. The molecule has 0 unspecified atom stereocenters. The van der Waals surface area contributed by atoms with Crippen molar-refractivity contribution in [1.82, 2.24) is 5.01 Å². The molecule has 1 N–H and O–H groups in total. The first kappa shape index (κ1) is 20.7. The topological polar surface area (TPSA) is 74.1 Å². The number of rotatable bonds is 5. The van der Waals surface area contributed by atoms with Crippen LogP contribution >= 0.6 is 23.1 Å². The highest BCUT2D eigenvalue weighted by atomic mass is 32.2. The van der Waals surface area contributed by atoms with Crippen molar-refractivity contribution in [1.29, 1.82) is 0 Å². The van der Waals surface area contributed by atoms with Crippen LogP contribution in [0.15, 0.2) is 88.3 Å². The van der Waals surface area contributed by atoms with Crippen LogP contribution in [0.25, 0.3) is 0 Å². The van der Waals surface area contributed by atoms with E-state index in [0.717, 1.165) is 22.6 Å². The molecule has 2 aromatic carbocycles. The van der Waals surface area contributed by atoms with Gasteiger partial charge >= 0.3 is 0 Å². The summed E-state index contributed by atoms with van der Waals surface area (Å²) in [6.45, 7) is 0. The summed E-state index contributed by atoms with van der Waals surface area (Å²) in [6.07, 6.45) is 0.800. The molecule has 6 nitrogen and oxygen atoms in total. The standard InChI is InChI=1S/C24H20N4O2S2/c29-22(25-17-10-5-2-6-11-17)15-21-23(30)26-24(32-21)28-19(16-8-3-1-4-9-16)14-18(27-28)20-12-7-13-31-20/h1-13,19,21H,14-15H2,(H,25,29)/t19-,21-/m0/s1. The Morgan fingerprint density at radius 1 is 1.03 bits per heavy atom. The third-order valence-corrected chi connectivity index (χ3v) is 7.31. The first-order chi connectivity index (χ1) is 15.7. The number of anilines is 1. The molecule has 0 spiro atoms. The second-order valence-corrected chi connectivity index (χ2v) is 9.57. The molecule has 2 aliphatic heterocycles. The van der Waals surface area contributed by atoms with Gasteiger partial charge in [-0.1, -0.05) is 66.4 Å². The van der Waals surface area contributed by atoms with Crippen molar-refractivity contribution in [2.45, 2.75) is 24.1 Å². The van der Waals surface area contributed by atoms with Crippen molar-refractivity contribution in [3.63, 3.8) is 0 Å². The van der Waals surface area contributed by atoms with E-state index in [9.17, 15) is 9.59 Å². The van der Waals surface area contributed by atoms with E-state index in [1.807, 2.05) is 65.0 Å². The molecule has 0 bridgehead atoms. The maximum absolute atomic E-state index is 12.6. The number of aliphatic imine (C=N–C) groups is 1. The molecule has 160 valence electrons. The number of hydrogen-bond acceptors (Lipinski definition) is 6. The quantitative estimate of drug-likeness (QED) is 0.586. The Morgan fingerprint density at radius 2 is 1.78 bits per heavy atom. The first-order valence-electron chi connectivity index (χ1n) is 10.3. The lowest BCUT2D eigenvalue weighted by atomic mass is 10.0. The minimum Gasteiger partial charge on any atom is -0.326 e. The highest BCUT2D eigenvalue weighted by Gasteiger charge is 2.39. The molecule has 0 saturated carbocycles. The lowest BCUT2D eigenvalue weighted by Gasteiger charge is -2.23. The Balaban J connectivity index is 1.33. The number of amidine groups is 1. The van der Waals surface area contributed by atoms with E-state index in [1.54, 1.807) is 11.3 Å². The summed E-state index contributed by atoms with van der Waals surface area (Å²) in [4.78, 5) is 30.5. The number of para-hydroxylation sites is 1. The Morgan fingerprint density at radius 3 is 2.50 bits per heavy atom. The van der Waals surface area contributed by atoms with Gasteiger partial charge < -0.3 is 5.32 Å². The fourth-order valence-corrected chi connectivity index (χ4v) is 5.50. The number of carbonyl (C=O) groups is 2. The number of thiophene rings is 1. The van der Waals surface area contributed by atoms with Gasteiger partial charge in [-0.25, -0.2) is 5.01 Å². The molecule has 5 rings (SSSR count). The zero-order chi connectivity index (χ0) is 21.9. The molecule has 2 atom stereocenters. The molecule has 0 saturated heterocycles. The van der Waals surface area contributed by atoms with E-state index >= 15 is 0 Å². The number of thioether (sulfide) groups is 1. The molecule has 1 aromatic heterocycles. The number of hydrazone groups is 1. The number of benzene rings is 2. The minimum atomic E-state index is -0.550. The first-order valence-corrected chi connectivity index (χ1v) is 12.0. The molecule has 2 aliphatic rings. The van der Waals surface area contributed by atoms with Gasteiger partial charge in [-0.05, 0) is 29.1 Å². The summed E-state index contributed by atoms with van der Waals surface area (Å²) in [5.74, 6) is -0.498. The summed E-state index contributed by atoms with van der Waals surface area (Å²) in [6, 6.07) is 23.4. The van der Waals surface area contributed by atoms with E-state index < -0.39 is 5.25 Å². The van der Waals surface area contributed by atoms with Crippen molar-refractivity contribution in [3.8, 4) is 0 Å². The Labute approximate surface area is 194 Å². The van der Waals surface area contributed by atoms with E-state index in [2.05, 4.69) is 28.5 Å². The largest absolute Gasteiger partial charge is 0.326 e. The summed E-state index contributed by atoms with van der Waals surface area (Å²) < 4.78 is 0. The Bertz CT molecular complexity index is 1180. The zero-order valence-electron chi connectivity index (χ0n) is 17.0. The third kappa shape index (κ3) is 4.37. The Kier molecular flexibility index (Phi) is 5.87. The van der Waals surface area contributed by atoms with Crippen LogP contribution in [0.2, 0.25) is 0 Å². The van der Waals surface area contributed by atoms with Crippen LogP contribution in [-0.2, 0) is 9.59 Å². The number of hydrogen-bond donors (Lipinski definition) is 1. The SMILES string of the molecule is O=C(C[C@@H]1SC(N2N=C(c3cccs3)C[C@H]2c2ccccc2)=NC1=O)Nc1ccccc1. The van der Waals surface area contributed by atoms with Crippen LogP contribution in [0.3, 0.4) is 0 Å². The zero-order valence-corrected chi connectivity index (χ0v) is 18.7. The third-order valence-electron chi connectivity index (χ3n) is 5.25. The summed E-state index contributed by atoms with van der Waals surface area (Å²) in [5, 5.41) is 11.6. The van der Waals surface area contributed by atoms with Crippen LogP contribution in [-0.4, -0.2) is 33.0 Å². The molecule has 3 heterocycles. The predicted molar refractivity (Wildman–Crippen MR) is 130 cm³/mol. The maximum Gasteiger partial charge on any atom is 0.262 e. The number of nitrogens with one attached hydrogen (secondary N) is 1. The molecule has 3 aromatic rings. The molecular formula is C24H20N4O2S2. The number of carbonyl (C=O) groups excluding carboxylic acids is 2. The van der Waals surface area contributed by atoms with Gasteiger partial charge in [-0.3, -0.25) is 9.59 Å². The average molecular weight is 461 g/mol. The van der Waals surface area contributed by atoms with E-state index in [0.29, 0.717) is 10.9 Å². The van der Waals surface area contributed by atoms with Crippen molar-refractivity contribution in [2.75, 3.05) is 5.32 Å². The molecule has 0 fully saturated rings. The lowest BCUT2D eigenvalue weighted by molar-refractivity contribution is -0.121. The van der Waals surface area contributed by atoms with E-state index in [4.69, 9.17) is 5.10 Å². The molecule has 2 amide bonds. The van der Waals surface area contributed by atoms with Crippen LogP contribution in [0, 0.1) is 0 Å². The van der Waals surface area contributed by atoms with Gasteiger partial charge in [0.25, 0.3) is 5.91 Å². The number of amides is 2. The highest BCUT2D eigenvalue weighted by Crippen LogP contribution is 2.39. The fourth-order valence-electron chi connectivity index (χ4n) is 3.72. The van der Waals surface area contributed by atoms with Gasteiger partial charge in [-0.15, -0.1) is 11.3 Å². The molecule has 8 heteroatoms. The highest BCUT2D eigenvalue weighted by molar-refractivity contribution is 8.15. The van der Waals surface area contributed by atoms with Gasteiger partial charge in [0.05, 0.1) is 16.6 Å². The van der Waals surface area contributed by atoms with Crippen LogP contribution in [0.1, 0.15) is 29.3 Å². The van der Waals surface area contributed by atoms with E-state index in [-0.39, 0.29) is 24.3 Å². The maximum atomic E-state index is 12.6. The lowest BCUT2D eigenvalue weighted by Crippen LogP contribution is -2.25.